The summed E-state index contributed by atoms with van der Waals surface area (Å²) in [7, 11) is 0. The molecule has 13 heteroatoms. The Kier molecular flexibility index (Phi) is 10.0. The molecule has 4 amide bonds. The minimum Gasteiger partial charge on any atom is -0.480 e. The number of fused-ring (bicyclic) bond motifs is 1. The summed E-state index contributed by atoms with van der Waals surface area (Å²) >= 11 is 0. The number of unbranched alkanes of at least 4 members (excludes halogenated alkanes) is 3. The smallest absolute Gasteiger partial charge is 0.410 e. The Morgan fingerprint density at radius 3 is 2.45 bits per heavy atom. The number of carbonyl (C=O) groups is 5. The van der Waals surface area contributed by atoms with Gasteiger partial charge in [0.1, 0.15) is 35.1 Å². The number of hydrogen-bond acceptors (Lipinski definition) is 7. The van der Waals surface area contributed by atoms with Crippen molar-refractivity contribution < 1.29 is 42.9 Å². The fourth-order valence-corrected chi connectivity index (χ4v) is 5.62. The summed E-state index contributed by atoms with van der Waals surface area (Å²) in [6, 6.07) is 2.47. The molecule has 0 radical (unpaired) electrons. The molecule has 1 aromatic rings. The molecule has 1 aromatic carbocycles. The molecule has 2 heterocycles. The third-order valence-electron chi connectivity index (χ3n) is 8.16. The number of halogens is 1. The van der Waals surface area contributed by atoms with E-state index in [1.807, 2.05) is 0 Å². The number of amides is 4. The van der Waals surface area contributed by atoms with Gasteiger partial charge in [0.2, 0.25) is 11.8 Å². The molecule has 242 valence electrons. The molecule has 2 aliphatic heterocycles. The molecular formula is C31H43FN4O8. The summed E-state index contributed by atoms with van der Waals surface area (Å²) in [5.74, 6) is -2.80. The predicted octanol–water partition coefficient (Wildman–Crippen LogP) is 3.84. The SMILES string of the molecule is CCCCCC[C@H](NC(=O)OC(C)(C)C)C(=O)N1C[C@H](OC(=O)N2Cc3cccc(F)c3C2)C[C@H]1C(=O)NC1(C(=O)O)CC1. The number of aliphatic carboxylic acids is 1. The zero-order valence-corrected chi connectivity index (χ0v) is 25.8. The van der Waals surface area contributed by atoms with E-state index in [2.05, 4.69) is 17.6 Å². The molecule has 1 saturated heterocycles. The van der Waals surface area contributed by atoms with Crippen molar-refractivity contribution >= 4 is 30.0 Å². The van der Waals surface area contributed by atoms with Gasteiger partial charge >= 0.3 is 18.2 Å². The fraction of sp³-hybridized carbons (Fsp3) is 0.645. The molecule has 4 rings (SSSR count). The summed E-state index contributed by atoms with van der Waals surface area (Å²) in [5, 5.41) is 14.8. The second-order valence-electron chi connectivity index (χ2n) is 12.9. The largest absolute Gasteiger partial charge is 0.480 e. The first-order valence-electron chi connectivity index (χ1n) is 15.3. The van der Waals surface area contributed by atoms with Crippen LogP contribution in [0, 0.1) is 5.82 Å². The molecule has 2 fully saturated rings. The van der Waals surface area contributed by atoms with E-state index in [0.29, 0.717) is 24.0 Å². The third-order valence-corrected chi connectivity index (χ3v) is 8.16. The van der Waals surface area contributed by atoms with Gasteiger partial charge in [-0.15, -0.1) is 0 Å². The number of nitrogens with one attached hydrogen (secondary N) is 2. The van der Waals surface area contributed by atoms with E-state index in [1.54, 1.807) is 32.9 Å². The van der Waals surface area contributed by atoms with Crippen molar-refractivity contribution in [2.24, 2.45) is 0 Å². The lowest BCUT2D eigenvalue weighted by atomic mass is 10.1. The number of likely N-dealkylation sites (tertiary alicyclic amines) is 1. The normalized spacial score (nSPS) is 20.8. The van der Waals surface area contributed by atoms with E-state index < -0.39 is 65.1 Å². The topological polar surface area (TPSA) is 155 Å². The van der Waals surface area contributed by atoms with Crippen LogP contribution in [-0.2, 0) is 36.9 Å². The van der Waals surface area contributed by atoms with Crippen LogP contribution >= 0.6 is 0 Å². The van der Waals surface area contributed by atoms with Crippen LogP contribution in [0.15, 0.2) is 18.2 Å². The third kappa shape index (κ3) is 7.97. The van der Waals surface area contributed by atoms with Crippen molar-refractivity contribution in [2.75, 3.05) is 6.54 Å². The van der Waals surface area contributed by atoms with Crippen LogP contribution in [0.2, 0.25) is 0 Å². The summed E-state index contributed by atoms with van der Waals surface area (Å²) in [4.78, 5) is 67.6. The van der Waals surface area contributed by atoms with Crippen LogP contribution in [0.1, 0.15) is 90.2 Å². The van der Waals surface area contributed by atoms with Gasteiger partial charge in [-0.25, -0.2) is 18.8 Å². The van der Waals surface area contributed by atoms with Crippen LogP contribution in [-0.4, -0.2) is 80.7 Å². The second-order valence-corrected chi connectivity index (χ2v) is 12.9. The van der Waals surface area contributed by atoms with Gasteiger partial charge in [-0.2, -0.15) is 0 Å². The lowest BCUT2D eigenvalue weighted by Gasteiger charge is -2.30. The van der Waals surface area contributed by atoms with Gasteiger partial charge < -0.3 is 30.1 Å². The van der Waals surface area contributed by atoms with Crippen LogP contribution in [0.4, 0.5) is 14.0 Å². The van der Waals surface area contributed by atoms with Crippen molar-refractivity contribution in [3.8, 4) is 0 Å². The number of carbonyl (C=O) groups excluding carboxylic acids is 4. The van der Waals surface area contributed by atoms with E-state index in [1.165, 1.54) is 15.9 Å². The molecule has 3 aliphatic rings. The highest BCUT2D eigenvalue weighted by atomic mass is 19.1. The molecule has 0 spiro atoms. The molecule has 3 atom stereocenters. The van der Waals surface area contributed by atoms with Crippen LogP contribution < -0.4 is 10.6 Å². The molecule has 1 saturated carbocycles. The zero-order chi connectivity index (χ0) is 32.2. The second kappa shape index (κ2) is 13.4. The Morgan fingerprint density at radius 2 is 1.84 bits per heavy atom. The Morgan fingerprint density at radius 1 is 1.11 bits per heavy atom. The molecular weight excluding hydrogens is 575 g/mol. The summed E-state index contributed by atoms with van der Waals surface area (Å²) in [6.07, 6.45) is 1.76. The maximum absolute atomic E-state index is 14.3. The average molecular weight is 619 g/mol. The first kappa shape index (κ1) is 33.0. The molecule has 1 aliphatic carbocycles. The van der Waals surface area contributed by atoms with Gasteiger partial charge in [-0.3, -0.25) is 14.5 Å². The Hall–Kier alpha value is -3.90. The number of alkyl carbamates (subject to hydrolysis) is 1. The number of carboxylic acids is 1. The molecule has 12 nitrogen and oxygen atoms in total. The lowest BCUT2D eigenvalue weighted by Crippen LogP contribution is -2.56. The van der Waals surface area contributed by atoms with E-state index in [0.717, 1.165) is 19.3 Å². The number of rotatable bonds is 11. The monoisotopic (exact) mass is 618 g/mol. The molecule has 3 N–H and O–H groups in total. The summed E-state index contributed by atoms with van der Waals surface area (Å²) < 4.78 is 25.4. The van der Waals surface area contributed by atoms with E-state index in [9.17, 15) is 33.5 Å². The van der Waals surface area contributed by atoms with E-state index in [-0.39, 0.29) is 38.9 Å². The number of nitrogens with zero attached hydrogens (tertiary/aromatic N) is 2. The average Bonchev–Trinajstić information content (AvgIpc) is 3.39. The van der Waals surface area contributed by atoms with Gasteiger partial charge in [0.05, 0.1) is 13.1 Å². The minimum absolute atomic E-state index is 0.0287. The molecule has 0 bridgehead atoms. The van der Waals surface area contributed by atoms with Crippen molar-refractivity contribution in [1.82, 2.24) is 20.4 Å². The van der Waals surface area contributed by atoms with Crippen LogP contribution in [0.5, 0.6) is 0 Å². The Bertz CT molecular complexity index is 1280. The number of benzene rings is 1. The minimum atomic E-state index is -1.39. The van der Waals surface area contributed by atoms with Gasteiger partial charge in [0.25, 0.3) is 0 Å². The highest BCUT2D eigenvalue weighted by Crippen LogP contribution is 2.36. The standard InChI is InChI=1S/C31H43FN4O8/c1-5-6-7-8-12-23(33-28(41)44-30(2,3)4)26(38)36-17-20(15-24(36)25(37)34-31(13-14-31)27(39)40)43-29(42)35-16-19-10-9-11-22(32)21(19)18-35/h9-11,20,23-24H,5-8,12-18H2,1-4H3,(H,33,41)(H,34,37)(H,39,40)/t20-,23+,24+/m1/s1. The van der Waals surface area contributed by atoms with Crippen molar-refractivity contribution in [3.63, 3.8) is 0 Å². The first-order chi connectivity index (χ1) is 20.7. The maximum atomic E-state index is 14.3. The van der Waals surface area contributed by atoms with Gasteiger partial charge in [0.15, 0.2) is 0 Å². The fourth-order valence-electron chi connectivity index (χ4n) is 5.62. The Labute approximate surface area is 256 Å². The van der Waals surface area contributed by atoms with E-state index >= 15 is 0 Å². The zero-order valence-electron chi connectivity index (χ0n) is 25.8. The van der Waals surface area contributed by atoms with Gasteiger partial charge in [0, 0.05) is 18.5 Å². The van der Waals surface area contributed by atoms with E-state index in [4.69, 9.17) is 9.47 Å². The quantitative estimate of drug-likeness (QED) is 0.316. The highest BCUT2D eigenvalue weighted by molar-refractivity contribution is 5.95. The molecule has 44 heavy (non-hydrogen) atoms. The van der Waals surface area contributed by atoms with Gasteiger partial charge in [-0.05, 0) is 51.7 Å². The molecule has 0 unspecified atom stereocenters. The van der Waals surface area contributed by atoms with Crippen LogP contribution in [0.25, 0.3) is 0 Å². The lowest BCUT2D eigenvalue weighted by molar-refractivity contribution is -0.145. The predicted molar refractivity (Wildman–Crippen MR) is 156 cm³/mol. The highest BCUT2D eigenvalue weighted by Gasteiger charge is 2.54. The van der Waals surface area contributed by atoms with Crippen molar-refractivity contribution in [3.05, 3.63) is 35.1 Å². The summed E-state index contributed by atoms with van der Waals surface area (Å²) in [5.41, 5.74) is -1.11. The van der Waals surface area contributed by atoms with Crippen molar-refractivity contribution in [2.45, 2.75) is 121 Å². The number of carboxylic acid groups (broad SMARTS) is 1. The molecule has 0 aromatic heterocycles. The first-order valence-corrected chi connectivity index (χ1v) is 15.3. The maximum Gasteiger partial charge on any atom is 0.410 e. The van der Waals surface area contributed by atoms with Gasteiger partial charge in [-0.1, -0.05) is 44.7 Å². The number of ether oxygens (including phenoxy) is 2. The Balaban J connectivity index is 1.51. The van der Waals surface area contributed by atoms with Crippen molar-refractivity contribution in [1.29, 1.82) is 0 Å². The summed E-state index contributed by atoms with van der Waals surface area (Å²) in [6.45, 7) is 7.21. The number of hydrogen-bond donors (Lipinski definition) is 3. The van der Waals surface area contributed by atoms with Crippen LogP contribution in [0.3, 0.4) is 0 Å².